The summed E-state index contributed by atoms with van der Waals surface area (Å²) in [5.74, 6) is 1.20. The Hall–Kier alpha value is -0.620. The molecule has 0 bridgehead atoms. The highest BCUT2D eigenvalue weighted by Gasteiger charge is 2.51. The molecule has 4 rings (SSSR count). The van der Waals surface area contributed by atoms with Gasteiger partial charge in [0, 0.05) is 41.7 Å². The van der Waals surface area contributed by atoms with Crippen LogP contribution in [0.15, 0.2) is 29.2 Å². The van der Waals surface area contributed by atoms with Crippen LogP contribution in [-0.2, 0) is 0 Å². The first kappa shape index (κ1) is 18.7. The van der Waals surface area contributed by atoms with Crippen LogP contribution in [0.25, 0.3) is 0 Å². The highest BCUT2D eigenvalue weighted by molar-refractivity contribution is 7.99. The zero-order chi connectivity index (χ0) is 18.1. The lowest BCUT2D eigenvalue weighted by Crippen LogP contribution is -2.46. The fourth-order valence-electron chi connectivity index (χ4n) is 3.53. The molecule has 1 atom stereocenters. The largest absolute Gasteiger partial charge is 0.335 e. The predicted octanol–water partition coefficient (Wildman–Crippen LogP) is 4.72. The lowest BCUT2D eigenvalue weighted by atomic mass is 10.1. The van der Waals surface area contributed by atoms with Crippen molar-refractivity contribution < 1.29 is 4.79 Å². The van der Waals surface area contributed by atoms with E-state index in [-0.39, 0.29) is 12.1 Å². The van der Waals surface area contributed by atoms with Crippen LogP contribution in [0.1, 0.15) is 32.1 Å². The highest BCUT2D eigenvalue weighted by Crippen LogP contribution is 2.55. The van der Waals surface area contributed by atoms with E-state index in [1.165, 1.54) is 12.8 Å². The van der Waals surface area contributed by atoms with Gasteiger partial charge in [-0.3, -0.25) is 0 Å². The van der Waals surface area contributed by atoms with Crippen LogP contribution < -0.4 is 10.6 Å². The highest BCUT2D eigenvalue weighted by atomic mass is 35.5. The van der Waals surface area contributed by atoms with Gasteiger partial charge in [-0.05, 0) is 44.2 Å². The first-order valence-electron chi connectivity index (χ1n) is 9.42. The van der Waals surface area contributed by atoms with Gasteiger partial charge < -0.3 is 15.5 Å². The number of anilines is 1. The lowest BCUT2D eigenvalue weighted by molar-refractivity contribution is 0.189. The van der Waals surface area contributed by atoms with Crippen molar-refractivity contribution in [2.45, 2.75) is 53.4 Å². The number of halogens is 2. The molecule has 1 aromatic carbocycles. The molecule has 1 heterocycles. The van der Waals surface area contributed by atoms with Gasteiger partial charge in [-0.25, -0.2) is 4.79 Å². The predicted molar refractivity (Wildman–Crippen MR) is 109 cm³/mol. The van der Waals surface area contributed by atoms with Gasteiger partial charge in [0.1, 0.15) is 4.33 Å². The standard InChI is InChI=1S/C19H25Cl2N3OS/c20-19(21)11-13(19)12-26-17-4-2-1-3-16(17)23-18(25)22-14-7-9-24(10-8-14)15-5-6-15/h1-4,13-15H,5-12H2,(H2,22,23,25). The maximum Gasteiger partial charge on any atom is 0.319 e. The minimum Gasteiger partial charge on any atom is -0.335 e. The molecule has 3 fully saturated rings. The van der Waals surface area contributed by atoms with E-state index in [4.69, 9.17) is 23.2 Å². The van der Waals surface area contributed by atoms with E-state index in [1.807, 2.05) is 24.3 Å². The Bertz CT molecular complexity index is 660. The van der Waals surface area contributed by atoms with E-state index in [2.05, 4.69) is 15.5 Å². The molecule has 2 amide bonds. The summed E-state index contributed by atoms with van der Waals surface area (Å²) in [6.45, 7) is 2.20. The quantitative estimate of drug-likeness (QED) is 0.523. The summed E-state index contributed by atoms with van der Waals surface area (Å²) in [7, 11) is 0. The molecule has 1 saturated heterocycles. The summed E-state index contributed by atoms with van der Waals surface area (Å²) in [5.41, 5.74) is 0.848. The summed E-state index contributed by atoms with van der Waals surface area (Å²) in [6.07, 6.45) is 5.62. The Labute approximate surface area is 169 Å². The molecule has 26 heavy (non-hydrogen) atoms. The van der Waals surface area contributed by atoms with Gasteiger partial charge in [0.25, 0.3) is 0 Å². The van der Waals surface area contributed by atoms with Crippen LogP contribution in [0.2, 0.25) is 0 Å². The average molecular weight is 414 g/mol. The summed E-state index contributed by atoms with van der Waals surface area (Å²) >= 11 is 13.9. The summed E-state index contributed by atoms with van der Waals surface area (Å²) in [6, 6.07) is 8.88. The third-order valence-electron chi connectivity index (χ3n) is 5.46. The Balaban J connectivity index is 1.26. The van der Waals surface area contributed by atoms with Crippen molar-refractivity contribution in [1.82, 2.24) is 10.2 Å². The molecule has 7 heteroatoms. The van der Waals surface area contributed by atoms with Crippen LogP contribution in [0, 0.1) is 5.92 Å². The number of carbonyl (C=O) groups excluding carboxylic acids is 1. The zero-order valence-electron chi connectivity index (χ0n) is 14.7. The van der Waals surface area contributed by atoms with Crippen LogP contribution in [0.4, 0.5) is 10.5 Å². The molecular weight excluding hydrogens is 389 g/mol. The van der Waals surface area contributed by atoms with Gasteiger partial charge in [-0.15, -0.1) is 35.0 Å². The van der Waals surface area contributed by atoms with Gasteiger partial charge in [-0.1, -0.05) is 12.1 Å². The normalized spacial score (nSPS) is 25.7. The number of urea groups is 1. The first-order chi connectivity index (χ1) is 12.5. The molecule has 1 aliphatic heterocycles. The molecular formula is C19H25Cl2N3OS. The second kappa shape index (κ2) is 7.78. The number of carbonyl (C=O) groups is 1. The number of piperidine rings is 1. The van der Waals surface area contributed by atoms with Crippen LogP contribution in [0.3, 0.4) is 0 Å². The fourth-order valence-corrected chi connectivity index (χ4v) is 5.47. The number of benzene rings is 1. The molecule has 4 nitrogen and oxygen atoms in total. The van der Waals surface area contributed by atoms with E-state index >= 15 is 0 Å². The van der Waals surface area contributed by atoms with E-state index in [1.54, 1.807) is 11.8 Å². The monoisotopic (exact) mass is 413 g/mol. The van der Waals surface area contributed by atoms with Crippen LogP contribution >= 0.6 is 35.0 Å². The van der Waals surface area contributed by atoms with Gasteiger partial charge in [0.05, 0.1) is 5.69 Å². The number of likely N-dealkylation sites (tertiary alicyclic amines) is 1. The minimum absolute atomic E-state index is 0.113. The van der Waals surface area contributed by atoms with Crippen molar-refractivity contribution in [1.29, 1.82) is 0 Å². The number of nitrogens with zero attached hydrogens (tertiary/aromatic N) is 1. The Morgan fingerprint density at radius 3 is 2.54 bits per heavy atom. The van der Waals surface area contributed by atoms with Crippen LogP contribution in [-0.4, -0.2) is 46.2 Å². The maximum atomic E-state index is 12.4. The van der Waals surface area contributed by atoms with E-state index in [0.29, 0.717) is 5.92 Å². The lowest BCUT2D eigenvalue weighted by Gasteiger charge is -2.32. The number of amides is 2. The van der Waals surface area contributed by atoms with Crippen LogP contribution in [0.5, 0.6) is 0 Å². The molecule has 2 saturated carbocycles. The van der Waals surface area contributed by atoms with Gasteiger partial charge in [0.15, 0.2) is 0 Å². The topological polar surface area (TPSA) is 44.4 Å². The molecule has 142 valence electrons. The minimum atomic E-state index is -0.553. The number of alkyl halides is 2. The number of hydrogen-bond donors (Lipinski definition) is 2. The summed E-state index contributed by atoms with van der Waals surface area (Å²) < 4.78 is -0.553. The smallest absolute Gasteiger partial charge is 0.319 e. The molecule has 0 radical (unpaired) electrons. The second-order valence-electron chi connectivity index (χ2n) is 7.61. The van der Waals surface area contributed by atoms with E-state index in [9.17, 15) is 4.79 Å². The fraction of sp³-hybridized carbons (Fsp3) is 0.632. The second-order valence-corrected chi connectivity index (χ2v) is 10.2. The molecule has 2 N–H and O–H groups in total. The van der Waals surface area contributed by atoms with Crippen molar-refractivity contribution in [3.05, 3.63) is 24.3 Å². The van der Waals surface area contributed by atoms with E-state index in [0.717, 1.165) is 54.7 Å². The zero-order valence-corrected chi connectivity index (χ0v) is 17.0. The Morgan fingerprint density at radius 1 is 1.19 bits per heavy atom. The molecule has 0 aromatic heterocycles. The van der Waals surface area contributed by atoms with Gasteiger partial charge in [0.2, 0.25) is 0 Å². The molecule has 0 spiro atoms. The summed E-state index contributed by atoms with van der Waals surface area (Å²) in [5, 5.41) is 6.16. The van der Waals surface area contributed by atoms with Gasteiger partial charge >= 0.3 is 6.03 Å². The third-order valence-corrected chi connectivity index (χ3v) is 7.62. The van der Waals surface area contributed by atoms with Crippen molar-refractivity contribution in [2.75, 3.05) is 24.2 Å². The first-order valence-corrected chi connectivity index (χ1v) is 11.2. The number of thioether (sulfide) groups is 1. The maximum absolute atomic E-state index is 12.4. The molecule has 1 aromatic rings. The molecule has 1 unspecified atom stereocenters. The SMILES string of the molecule is O=C(Nc1ccccc1SCC1CC1(Cl)Cl)NC1CCN(C2CC2)CC1. The van der Waals surface area contributed by atoms with Crippen molar-refractivity contribution >= 4 is 46.7 Å². The summed E-state index contributed by atoms with van der Waals surface area (Å²) in [4.78, 5) is 16.0. The van der Waals surface area contributed by atoms with Crippen molar-refractivity contribution in [3.63, 3.8) is 0 Å². The molecule has 3 aliphatic rings. The number of nitrogens with one attached hydrogen (secondary N) is 2. The van der Waals surface area contributed by atoms with Crippen molar-refractivity contribution in [2.24, 2.45) is 5.92 Å². The van der Waals surface area contributed by atoms with Gasteiger partial charge in [-0.2, -0.15) is 0 Å². The number of hydrogen-bond acceptors (Lipinski definition) is 3. The van der Waals surface area contributed by atoms with Crippen molar-refractivity contribution in [3.8, 4) is 0 Å². The molecule has 2 aliphatic carbocycles. The van der Waals surface area contributed by atoms with E-state index < -0.39 is 4.33 Å². The average Bonchev–Trinajstić information content (AvgIpc) is 3.52. The Morgan fingerprint density at radius 2 is 1.88 bits per heavy atom. The third kappa shape index (κ3) is 4.80. The number of para-hydroxylation sites is 1. The number of rotatable bonds is 6. The Kier molecular flexibility index (Phi) is 5.61.